The molecule has 0 unspecified atom stereocenters. The molecule has 0 aliphatic carbocycles. The second-order valence-electron chi connectivity index (χ2n) is 8.22. The zero-order chi connectivity index (χ0) is 24.3. The van der Waals surface area contributed by atoms with Gasteiger partial charge in [0.15, 0.2) is 0 Å². The summed E-state index contributed by atoms with van der Waals surface area (Å²) in [7, 11) is 0. The number of nitrogens with two attached hydrogens (primary N) is 1. The Morgan fingerprint density at radius 3 is 2.53 bits per heavy atom. The van der Waals surface area contributed by atoms with Crippen molar-refractivity contribution in [1.29, 1.82) is 0 Å². The highest BCUT2D eigenvalue weighted by atomic mass is 32.1. The second-order valence-corrected chi connectivity index (χ2v) is 9.23. The number of halogens is 3. The summed E-state index contributed by atoms with van der Waals surface area (Å²) in [5, 5.41) is 12.3. The van der Waals surface area contributed by atoms with E-state index < -0.39 is 11.7 Å². The van der Waals surface area contributed by atoms with E-state index in [1.807, 2.05) is 6.92 Å². The van der Waals surface area contributed by atoms with Crippen LogP contribution in [0.3, 0.4) is 0 Å². The normalized spacial score (nSPS) is 15.8. The number of hydrogen-bond acceptors (Lipinski definition) is 6. The van der Waals surface area contributed by atoms with E-state index in [-0.39, 0.29) is 24.4 Å². The SMILES string of the molecule is C[C@@H](NC(=O)c1nnc(C2CCOCC2)s1)c1ccc(-c2cc(C(F)(F)F)ccc2CN)cc1. The van der Waals surface area contributed by atoms with E-state index in [1.54, 1.807) is 24.3 Å². The third-order valence-electron chi connectivity index (χ3n) is 5.93. The molecular formula is C24H25F3N4O2S. The standard InChI is InChI=1S/C24H25F3N4O2S/c1-14(29-21(32)23-31-30-22(34-23)17-8-10-33-11-9-17)15-2-4-16(5-3-15)20-12-19(24(25,26)27)7-6-18(20)13-28/h2-7,12,14,17H,8-11,13,28H2,1H3,(H,29,32)/t14-/m1/s1. The molecule has 4 rings (SSSR count). The molecule has 1 amide bonds. The fourth-order valence-electron chi connectivity index (χ4n) is 3.93. The number of aromatic nitrogens is 2. The first-order valence-electron chi connectivity index (χ1n) is 11.0. The molecule has 3 N–H and O–H groups in total. The molecular weight excluding hydrogens is 465 g/mol. The third-order valence-corrected chi connectivity index (χ3v) is 7.02. The number of benzene rings is 2. The van der Waals surface area contributed by atoms with Gasteiger partial charge in [-0.15, -0.1) is 10.2 Å². The van der Waals surface area contributed by atoms with Crippen molar-refractivity contribution in [1.82, 2.24) is 15.5 Å². The summed E-state index contributed by atoms with van der Waals surface area (Å²) < 4.78 is 44.9. The molecule has 0 radical (unpaired) electrons. The number of carbonyl (C=O) groups is 1. The highest BCUT2D eigenvalue weighted by Gasteiger charge is 2.31. The van der Waals surface area contributed by atoms with Gasteiger partial charge in [0.2, 0.25) is 5.01 Å². The van der Waals surface area contributed by atoms with Crippen molar-refractivity contribution in [3.8, 4) is 11.1 Å². The zero-order valence-corrected chi connectivity index (χ0v) is 19.4. The minimum absolute atomic E-state index is 0.124. The van der Waals surface area contributed by atoms with E-state index in [9.17, 15) is 18.0 Å². The molecule has 6 nitrogen and oxygen atoms in total. The van der Waals surface area contributed by atoms with Crippen molar-refractivity contribution in [3.63, 3.8) is 0 Å². The predicted octanol–water partition coefficient (Wildman–Crippen LogP) is 5.07. The number of carbonyl (C=O) groups excluding carboxylic acids is 1. The topological polar surface area (TPSA) is 90.1 Å². The summed E-state index contributed by atoms with van der Waals surface area (Å²) in [4.78, 5) is 12.7. The predicted molar refractivity (Wildman–Crippen MR) is 123 cm³/mol. The molecule has 34 heavy (non-hydrogen) atoms. The molecule has 10 heteroatoms. The van der Waals surface area contributed by atoms with Crippen LogP contribution < -0.4 is 11.1 Å². The van der Waals surface area contributed by atoms with Crippen molar-refractivity contribution in [2.24, 2.45) is 5.73 Å². The number of amides is 1. The molecule has 180 valence electrons. The van der Waals surface area contributed by atoms with E-state index in [0.717, 1.165) is 35.5 Å². The number of alkyl halides is 3. The molecule has 0 saturated carbocycles. The lowest BCUT2D eigenvalue weighted by atomic mass is 9.95. The summed E-state index contributed by atoms with van der Waals surface area (Å²) in [6.07, 6.45) is -2.69. The van der Waals surface area contributed by atoms with Crippen molar-refractivity contribution in [2.75, 3.05) is 13.2 Å². The van der Waals surface area contributed by atoms with Gasteiger partial charge in [-0.1, -0.05) is 41.7 Å². The molecule has 1 aliphatic rings. The van der Waals surface area contributed by atoms with Crippen LogP contribution in [0.4, 0.5) is 13.2 Å². The summed E-state index contributed by atoms with van der Waals surface area (Å²) in [5.74, 6) is -0.0392. The number of rotatable bonds is 6. The average Bonchev–Trinajstić information content (AvgIpc) is 3.34. The van der Waals surface area contributed by atoms with Gasteiger partial charge in [-0.25, -0.2) is 0 Å². The lowest BCUT2D eigenvalue weighted by Crippen LogP contribution is -2.26. The molecule has 1 saturated heterocycles. The third kappa shape index (κ3) is 5.45. The Balaban J connectivity index is 1.46. The smallest absolute Gasteiger partial charge is 0.381 e. The summed E-state index contributed by atoms with van der Waals surface area (Å²) in [5.41, 5.74) is 7.52. The van der Waals surface area contributed by atoms with Crippen LogP contribution in [0.2, 0.25) is 0 Å². The van der Waals surface area contributed by atoms with Crippen molar-refractivity contribution in [2.45, 2.75) is 44.4 Å². The van der Waals surface area contributed by atoms with Gasteiger partial charge in [0.25, 0.3) is 5.91 Å². The van der Waals surface area contributed by atoms with Crippen LogP contribution >= 0.6 is 11.3 Å². The molecule has 2 aromatic carbocycles. The number of nitrogens with zero attached hydrogens (tertiary/aromatic N) is 2. The van der Waals surface area contributed by atoms with Gasteiger partial charge in [-0.3, -0.25) is 4.79 Å². The van der Waals surface area contributed by atoms with Gasteiger partial charge in [0, 0.05) is 25.7 Å². The van der Waals surface area contributed by atoms with Gasteiger partial charge in [-0.05, 0) is 54.2 Å². The van der Waals surface area contributed by atoms with Crippen molar-refractivity contribution in [3.05, 3.63) is 69.2 Å². The first-order chi connectivity index (χ1) is 16.3. The zero-order valence-electron chi connectivity index (χ0n) is 18.6. The van der Waals surface area contributed by atoms with Gasteiger partial charge in [0.05, 0.1) is 11.6 Å². The van der Waals surface area contributed by atoms with Gasteiger partial charge in [-0.2, -0.15) is 13.2 Å². The lowest BCUT2D eigenvalue weighted by Gasteiger charge is -2.19. The second kappa shape index (κ2) is 10.2. The first kappa shape index (κ1) is 24.3. The molecule has 2 heterocycles. The fraction of sp³-hybridized carbons (Fsp3) is 0.375. The lowest BCUT2D eigenvalue weighted by molar-refractivity contribution is -0.137. The molecule has 1 aromatic heterocycles. The molecule has 0 bridgehead atoms. The first-order valence-corrected chi connectivity index (χ1v) is 11.8. The van der Waals surface area contributed by atoms with Crippen LogP contribution in [0.25, 0.3) is 11.1 Å². The Morgan fingerprint density at radius 2 is 1.88 bits per heavy atom. The monoisotopic (exact) mass is 490 g/mol. The fourth-order valence-corrected chi connectivity index (χ4v) is 4.84. The van der Waals surface area contributed by atoms with Crippen LogP contribution in [-0.2, 0) is 17.5 Å². The quantitative estimate of drug-likeness (QED) is 0.504. The van der Waals surface area contributed by atoms with Gasteiger partial charge in [0.1, 0.15) is 5.01 Å². The summed E-state index contributed by atoms with van der Waals surface area (Å²) in [6, 6.07) is 10.3. The number of hydrogen-bond donors (Lipinski definition) is 2. The molecule has 3 aromatic rings. The van der Waals surface area contributed by atoms with E-state index in [1.165, 1.54) is 17.4 Å². The molecule has 1 atom stereocenters. The van der Waals surface area contributed by atoms with Crippen molar-refractivity contribution < 1.29 is 22.7 Å². The minimum Gasteiger partial charge on any atom is -0.381 e. The van der Waals surface area contributed by atoms with E-state index in [4.69, 9.17) is 10.5 Å². The Hall–Kier alpha value is -2.82. The molecule has 0 spiro atoms. The Labute approximate surface area is 199 Å². The van der Waals surface area contributed by atoms with E-state index in [0.29, 0.717) is 34.9 Å². The highest BCUT2D eigenvalue weighted by Crippen LogP contribution is 2.34. The maximum absolute atomic E-state index is 13.2. The van der Waals surface area contributed by atoms with Crippen LogP contribution in [0.5, 0.6) is 0 Å². The maximum atomic E-state index is 13.2. The maximum Gasteiger partial charge on any atom is 0.416 e. The van der Waals surface area contributed by atoms with Crippen LogP contribution in [-0.4, -0.2) is 29.3 Å². The van der Waals surface area contributed by atoms with Gasteiger partial charge < -0.3 is 15.8 Å². The minimum atomic E-state index is -4.43. The highest BCUT2D eigenvalue weighted by molar-refractivity contribution is 7.13. The number of nitrogens with one attached hydrogen (secondary N) is 1. The Kier molecular flexibility index (Phi) is 7.30. The average molecular weight is 491 g/mol. The Morgan fingerprint density at radius 1 is 1.18 bits per heavy atom. The van der Waals surface area contributed by atoms with E-state index in [2.05, 4.69) is 15.5 Å². The van der Waals surface area contributed by atoms with Crippen LogP contribution in [0.15, 0.2) is 42.5 Å². The van der Waals surface area contributed by atoms with Crippen LogP contribution in [0.1, 0.15) is 63.2 Å². The number of ether oxygens (including phenoxy) is 1. The molecule has 1 fully saturated rings. The van der Waals surface area contributed by atoms with Gasteiger partial charge >= 0.3 is 6.18 Å². The Bertz CT molecular complexity index is 1140. The van der Waals surface area contributed by atoms with Crippen molar-refractivity contribution >= 4 is 17.2 Å². The summed E-state index contributed by atoms with van der Waals surface area (Å²) in [6.45, 7) is 3.33. The molecule has 1 aliphatic heterocycles. The van der Waals surface area contributed by atoms with Crippen LogP contribution in [0, 0.1) is 0 Å². The largest absolute Gasteiger partial charge is 0.416 e. The summed E-state index contributed by atoms with van der Waals surface area (Å²) >= 11 is 1.30. The van der Waals surface area contributed by atoms with E-state index >= 15 is 0 Å².